The van der Waals surface area contributed by atoms with Gasteiger partial charge >= 0.3 is 5.97 Å². The normalized spacial score (nSPS) is 24.8. The van der Waals surface area contributed by atoms with Gasteiger partial charge < -0.3 is 14.7 Å². The smallest absolute Gasteiger partial charge is 0.303 e. The molecule has 1 N–H and O–H groups in total. The lowest BCUT2D eigenvalue weighted by Gasteiger charge is -2.24. The maximum atomic E-state index is 12.0. The molecule has 1 aromatic carbocycles. The van der Waals surface area contributed by atoms with E-state index in [-0.39, 0.29) is 35.6 Å². The maximum absolute atomic E-state index is 12.0. The van der Waals surface area contributed by atoms with E-state index in [0.29, 0.717) is 17.5 Å². The average molecular weight is 412 g/mol. The number of aliphatic imine (C=N–C) groups is 1. The van der Waals surface area contributed by atoms with Crippen molar-refractivity contribution in [2.75, 3.05) is 23.0 Å². The van der Waals surface area contributed by atoms with Crippen molar-refractivity contribution in [2.24, 2.45) is 4.99 Å². The Balaban J connectivity index is 1.88. The topological polar surface area (TPSA) is 113 Å². The summed E-state index contributed by atoms with van der Waals surface area (Å²) < 4.78 is 29.5. The van der Waals surface area contributed by atoms with Crippen molar-refractivity contribution in [1.29, 1.82) is 0 Å². The highest BCUT2D eigenvalue weighted by atomic mass is 32.2. The van der Waals surface area contributed by atoms with Crippen LogP contribution in [0.5, 0.6) is 5.75 Å². The molecule has 1 amide bonds. The summed E-state index contributed by atoms with van der Waals surface area (Å²) in [5.74, 6) is -0.856. The summed E-state index contributed by atoms with van der Waals surface area (Å²) in [5, 5.41) is 8.93. The highest BCUT2D eigenvalue weighted by molar-refractivity contribution is 8.16. The third kappa shape index (κ3) is 4.62. The van der Waals surface area contributed by atoms with Crippen LogP contribution in [0.1, 0.15) is 19.8 Å². The van der Waals surface area contributed by atoms with Crippen LogP contribution in [0.4, 0.5) is 5.69 Å². The molecule has 2 saturated heterocycles. The number of anilines is 1. The highest BCUT2D eigenvalue weighted by Crippen LogP contribution is 2.41. The minimum atomic E-state index is -3.14. The van der Waals surface area contributed by atoms with Crippen LogP contribution in [0.2, 0.25) is 0 Å². The lowest BCUT2D eigenvalue weighted by Crippen LogP contribution is -2.37. The fourth-order valence-electron chi connectivity index (χ4n) is 3.11. The van der Waals surface area contributed by atoms with Gasteiger partial charge in [-0.05, 0) is 31.2 Å². The van der Waals surface area contributed by atoms with Crippen molar-refractivity contribution >= 4 is 44.3 Å². The van der Waals surface area contributed by atoms with Crippen molar-refractivity contribution in [2.45, 2.75) is 31.1 Å². The molecular weight excluding hydrogens is 392 g/mol. The molecule has 2 fully saturated rings. The Bertz CT molecular complexity index is 866. The summed E-state index contributed by atoms with van der Waals surface area (Å²) in [6.07, 6.45) is -0.477. The molecular formula is C17H20N2O6S2. The van der Waals surface area contributed by atoms with Crippen LogP contribution in [0, 0.1) is 0 Å². The number of ether oxygens (including phenoxy) is 1. The zero-order chi connectivity index (χ0) is 19.6. The van der Waals surface area contributed by atoms with Gasteiger partial charge in [-0.1, -0.05) is 11.8 Å². The molecule has 0 saturated carbocycles. The first kappa shape index (κ1) is 19.7. The molecule has 1 aromatic rings. The first-order valence-electron chi connectivity index (χ1n) is 8.51. The average Bonchev–Trinajstić information content (AvgIpc) is 3.05. The third-order valence-corrected chi connectivity index (χ3v) is 7.48. The first-order chi connectivity index (χ1) is 12.8. The number of nitrogens with zero attached hydrogens (tertiary/aromatic N) is 2. The summed E-state index contributed by atoms with van der Waals surface area (Å²) in [5.41, 5.74) is 0.723. The van der Waals surface area contributed by atoms with Gasteiger partial charge in [-0.3, -0.25) is 9.59 Å². The molecule has 10 heteroatoms. The van der Waals surface area contributed by atoms with Gasteiger partial charge in [0.15, 0.2) is 15.0 Å². The summed E-state index contributed by atoms with van der Waals surface area (Å²) in [7, 11) is -3.14. The number of amides is 1. The fourth-order valence-corrected chi connectivity index (χ4v) is 7.04. The van der Waals surface area contributed by atoms with Crippen molar-refractivity contribution in [3.8, 4) is 5.75 Å². The van der Waals surface area contributed by atoms with Gasteiger partial charge in [-0.2, -0.15) is 4.99 Å². The predicted molar refractivity (Wildman–Crippen MR) is 103 cm³/mol. The molecule has 2 unspecified atom stereocenters. The van der Waals surface area contributed by atoms with Crippen molar-refractivity contribution in [3.63, 3.8) is 0 Å². The van der Waals surface area contributed by atoms with E-state index in [0.717, 1.165) is 5.69 Å². The number of carbonyl (C=O) groups is 2. The Morgan fingerprint density at radius 2 is 1.96 bits per heavy atom. The van der Waals surface area contributed by atoms with Gasteiger partial charge in [0.05, 0.1) is 30.6 Å². The van der Waals surface area contributed by atoms with Gasteiger partial charge in [0.1, 0.15) is 5.75 Å². The van der Waals surface area contributed by atoms with Gasteiger partial charge in [0.2, 0.25) is 5.91 Å². The molecule has 0 aliphatic carbocycles. The van der Waals surface area contributed by atoms with Gasteiger partial charge in [0.25, 0.3) is 0 Å². The molecule has 2 aliphatic heterocycles. The Labute approximate surface area is 161 Å². The Morgan fingerprint density at radius 1 is 1.26 bits per heavy atom. The van der Waals surface area contributed by atoms with E-state index in [1.165, 1.54) is 11.8 Å². The predicted octanol–water partition coefficient (Wildman–Crippen LogP) is 1.55. The largest absolute Gasteiger partial charge is 0.494 e. The van der Waals surface area contributed by atoms with Crippen LogP contribution in [0.3, 0.4) is 0 Å². The molecule has 0 radical (unpaired) electrons. The molecule has 2 atom stereocenters. The van der Waals surface area contributed by atoms with E-state index in [1.807, 2.05) is 6.92 Å². The molecule has 3 rings (SSSR count). The second kappa shape index (κ2) is 7.89. The summed E-state index contributed by atoms with van der Waals surface area (Å²) in [6.45, 7) is 2.42. The molecule has 0 bridgehead atoms. The fraction of sp³-hybridized carbons (Fsp3) is 0.471. The van der Waals surface area contributed by atoms with E-state index < -0.39 is 21.7 Å². The molecule has 2 heterocycles. The van der Waals surface area contributed by atoms with Gasteiger partial charge in [-0.15, -0.1) is 0 Å². The Morgan fingerprint density at radius 3 is 2.59 bits per heavy atom. The summed E-state index contributed by atoms with van der Waals surface area (Å²) >= 11 is 1.26. The Hall–Kier alpha value is -2.07. The number of fused-ring (bicyclic) bond motifs is 1. The number of sulfone groups is 1. The monoisotopic (exact) mass is 412 g/mol. The van der Waals surface area contributed by atoms with Crippen LogP contribution in [-0.2, 0) is 19.4 Å². The second-order valence-corrected chi connectivity index (χ2v) is 9.64. The van der Waals surface area contributed by atoms with Gasteiger partial charge in [0, 0.05) is 17.4 Å². The summed E-state index contributed by atoms with van der Waals surface area (Å²) in [6, 6.07) is 6.87. The number of thioether (sulfide) groups is 1. The van der Waals surface area contributed by atoms with E-state index >= 15 is 0 Å². The van der Waals surface area contributed by atoms with Crippen LogP contribution >= 0.6 is 11.8 Å². The second-order valence-electron chi connectivity index (χ2n) is 6.28. The third-order valence-electron chi connectivity index (χ3n) is 4.27. The van der Waals surface area contributed by atoms with Crippen LogP contribution < -0.4 is 9.64 Å². The van der Waals surface area contributed by atoms with Crippen molar-refractivity contribution in [3.05, 3.63) is 24.3 Å². The highest BCUT2D eigenvalue weighted by Gasteiger charge is 2.49. The molecule has 0 spiro atoms. The number of hydrogen-bond donors (Lipinski definition) is 1. The quantitative estimate of drug-likeness (QED) is 0.749. The summed E-state index contributed by atoms with van der Waals surface area (Å²) in [4.78, 5) is 28.5. The molecule has 146 valence electrons. The van der Waals surface area contributed by atoms with Crippen LogP contribution in [0.15, 0.2) is 29.3 Å². The number of carboxylic acid groups (broad SMARTS) is 1. The van der Waals surface area contributed by atoms with E-state index in [4.69, 9.17) is 9.84 Å². The van der Waals surface area contributed by atoms with Crippen molar-refractivity contribution in [1.82, 2.24) is 0 Å². The van der Waals surface area contributed by atoms with Gasteiger partial charge in [-0.25, -0.2) is 8.42 Å². The molecule has 27 heavy (non-hydrogen) atoms. The Kier molecular flexibility index (Phi) is 5.75. The number of carbonyl (C=O) groups excluding carboxylic acids is 1. The van der Waals surface area contributed by atoms with E-state index in [2.05, 4.69) is 4.99 Å². The first-order valence-corrected chi connectivity index (χ1v) is 11.2. The standard InChI is InChI=1S/C17H20N2O6S2/c1-2-25-12-5-3-11(4-6-12)19-13-9-27(23,24)10-14(13)26-17(19)18-15(20)7-8-16(21)22/h3-6,13-14H,2,7-10H2,1H3,(H,21,22). The number of amidine groups is 1. The maximum Gasteiger partial charge on any atom is 0.303 e. The van der Waals surface area contributed by atoms with Crippen LogP contribution in [0.25, 0.3) is 0 Å². The number of rotatable bonds is 6. The minimum absolute atomic E-state index is 0.000213. The lowest BCUT2D eigenvalue weighted by molar-refractivity contribution is -0.138. The van der Waals surface area contributed by atoms with E-state index in [9.17, 15) is 18.0 Å². The lowest BCUT2D eigenvalue weighted by atomic mass is 10.2. The SMILES string of the molecule is CCOc1ccc(N2C(=NC(=O)CCC(=O)O)SC3CS(=O)(=O)CC32)cc1. The molecule has 8 nitrogen and oxygen atoms in total. The van der Waals surface area contributed by atoms with Crippen LogP contribution in [-0.4, -0.2) is 60.0 Å². The number of aliphatic carboxylic acids is 1. The molecule has 0 aromatic heterocycles. The van der Waals surface area contributed by atoms with E-state index in [1.54, 1.807) is 29.2 Å². The zero-order valence-corrected chi connectivity index (χ0v) is 16.3. The number of benzene rings is 1. The van der Waals surface area contributed by atoms with Crippen molar-refractivity contribution < 1.29 is 27.9 Å². The number of carboxylic acids is 1. The minimum Gasteiger partial charge on any atom is -0.494 e. The number of hydrogen-bond acceptors (Lipinski definition) is 6. The molecule has 2 aliphatic rings. The zero-order valence-electron chi connectivity index (χ0n) is 14.7.